The predicted octanol–water partition coefficient (Wildman–Crippen LogP) is 4.53. The van der Waals surface area contributed by atoms with Gasteiger partial charge in [-0.3, -0.25) is 0 Å². The fourth-order valence-corrected chi connectivity index (χ4v) is 1.77. The molecule has 3 atom stereocenters. The van der Waals surface area contributed by atoms with Crippen molar-refractivity contribution in [2.45, 2.75) is 42.1 Å². The van der Waals surface area contributed by atoms with Crippen LogP contribution >= 0.6 is 46.4 Å². The summed E-state index contributed by atoms with van der Waals surface area (Å²) < 4.78 is 12.4. The molecule has 0 saturated carbocycles. The van der Waals surface area contributed by atoms with Crippen molar-refractivity contribution in [3.8, 4) is 0 Å². The molecule has 0 aromatic heterocycles. The summed E-state index contributed by atoms with van der Waals surface area (Å²) in [5, 5.41) is -1.20. The normalized spacial score (nSPS) is 18.2. The van der Waals surface area contributed by atoms with Gasteiger partial charge in [0.25, 0.3) is 0 Å². The molecule has 0 aliphatic heterocycles. The standard InChI is InChI=1S/C8H13Cl4F/c9-5-3-1-2-4-6(10)7(11)8(12)13/h6-8H,1-5H2. The van der Waals surface area contributed by atoms with E-state index in [9.17, 15) is 4.39 Å². The van der Waals surface area contributed by atoms with Crippen LogP contribution in [-0.4, -0.2) is 22.3 Å². The van der Waals surface area contributed by atoms with Gasteiger partial charge in [-0.15, -0.1) is 34.8 Å². The van der Waals surface area contributed by atoms with Gasteiger partial charge in [-0.2, -0.15) is 0 Å². The van der Waals surface area contributed by atoms with Crippen molar-refractivity contribution >= 4 is 46.4 Å². The van der Waals surface area contributed by atoms with Gasteiger partial charge in [-0.25, -0.2) is 4.39 Å². The van der Waals surface area contributed by atoms with Crippen molar-refractivity contribution in [2.75, 3.05) is 5.88 Å². The van der Waals surface area contributed by atoms with Crippen molar-refractivity contribution in [3.63, 3.8) is 0 Å². The Morgan fingerprint density at radius 2 is 1.62 bits per heavy atom. The molecule has 0 heterocycles. The molecule has 0 saturated heterocycles. The Bertz CT molecular complexity index is 121. The maximum Gasteiger partial charge on any atom is 0.191 e. The zero-order valence-electron chi connectivity index (χ0n) is 7.16. The Hall–Kier alpha value is 1.09. The summed E-state index contributed by atoms with van der Waals surface area (Å²) in [6, 6.07) is 0. The van der Waals surface area contributed by atoms with Gasteiger partial charge in [0.05, 0.1) is 10.8 Å². The molecular formula is C8H13Cl4F. The summed E-state index contributed by atoms with van der Waals surface area (Å²) >= 11 is 22.1. The van der Waals surface area contributed by atoms with Crippen LogP contribution in [0.3, 0.4) is 0 Å². The second kappa shape index (κ2) is 8.40. The predicted molar refractivity (Wildman–Crippen MR) is 59.2 cm³/mol. The van der Waals surface area contributed by atoms with E-state index in [0.717, 1.165) is 19.3 Å². The van der Waals surface area contributed by atoms with Crippen molar-refractivity contribution in [1.82, 2.24) is 0 Å². The topological polar surface area (TPSA) is 0 Å². The summed E-state index contributed by atoms with van der Waals surface area (Å²) in [6.07, 6.45) is 3.54. The van der Waals surface area contributed by atoms with Crippen LogP contribution in [0.25, 0.3) is 0 Å². The molecule has 0 spiro atoms. The molecule has 0 aliphatic carbocycles. The highest BCUT2D eigenvalue weighted by Crippen LogP contribution is 2.23. The fraction of sp³-hybridized carbons (Fsp3) is 1.00. The molecule has 0 nitrogen and oxygen atoms in total. The highest BCUT2D eigenvalue weighted by molar-refractivity contribution is 6.34. The minimum atomic E-state index is -1.57. The monoisotopic (exact) mass is 268 g/mol. The molecule has 5 heteroatoms. The summed E-state index contributed by atoms with van der Waals surface area (Å²) in [5.74, 6) is 0.651. The highest BCUT2D eigenvalue weighted by Gasteiger charge is 2.23. The van der Waals surface area contributed by atoms with Gasteiger partial charge in [-0.05, 0) is 12.8 Å². The van der Waals surface area contributed by atoms with E-state index in [2.05, 4.69) is 0 Å². The van der Waals surface area contributed by atoms with Crippen LogP contribution < -0.4 is 0 Å². The minimum absolute atomic E-state index is 0.399. The third kappa shape index (κ3) is 7.07. The lowest BCUT2D eigenvalue weighted by atomic mass is 10.1. The summed E-state index contributed by atoms with van der Waals surface area (Å²) in [4.78, 5) is 0. The average Bonchev–Trinajstić information content (AvgIpc) is 2.10. The van der Waals surface area contributed by atoms with E-state index in [0.29, 0.717) is 12.3 Å². The van der Waals surface area contributed by atoms with E-state index >= 15 is 0 Å². The summed E-state index contributed by atoms with van der Waals surface area (Å²) in [7, 11) is 0. The first-order valence-corrected chi connectivity index (χ1v) is 6.06. The molecule has 0 radical (unpaired) electrons. The lowest BCUT2D eigenvalue weighted by Crippen LogP contribution is -2.22. The molecule has 0 aromatic carbocycles. The Balaban J connectivity index is 3.44. The van der Waals surface area contributed by atoms with Gasteiger partial charge in [0.2, 0.25) is 0 Å². The Morgan fingerprint density at radius 3 is 2.08 bits per heavy atom. The van der Waals surface area contributed by atoms with E-state index < -0.39 is 16.4 Å². The van der Waals surface area contributed by atoms with Crippen LogP contribution in [0.15, 0.2) is 0 Å². The number of rotatable bonds is 7. The van der Waals surface area contributed by atoms with Crippen LogP contribution in [0.4, 0.5) is 4.39 Å². The molecule has 13 heavy (non-hydrogen) atoms. The van der Waals surface area contributed by atoms with Crippen molar-refractivity contribution in [3.05, 3.63) is 0 Å². The lowest BCUT2D eigenvalue weighted by molar-refractivity contribution is 0.412. The van der Waals surface area contributed by atoms with Crippen LogP contribution in [0.2, 0.25) is 0 Å². The second-order valence-electron chi connectivity index (χ2n) is 2.83. The first kappa shape index (κ1) is 14.1. The SMILES string of the molecule is FC(Cl)C(Cl)C(Cl)CCCCCCl. The van der Waals surface area contributed by atoms with E-state index in [4.69, 9.17) is 46.4 Å². The van der Waals surface area contributed by atoms with Crippen LogP contribution in [-0.2, 0) is 0 Å². The Labute approximate surface area is 98.7 Å². The van der Waals surface area contributed by atoms with E-state index in [1.165, 1.54) is 0 Å². The number of alkyl halides is 5. The van der Waals surface area contributed by atoms with Gasteiger partial charge in [0.1, 0.15) is 0 Å². The largest absolute Gasteiger partial charge is 0.228 e. The molecule has 0 bridgehead atoms. The van der Waals surface area contributed by atoms with Gasteiger partial charge in [0, 0.05) is 5.88 Å². The number of halogens is 5. The van der Waals surface area contributed by atoms with Crippen molar-refractivity contribution < 1.29 is 4.39 Å². The number of hydrogen-bond donors (Lipinski definition) is 0. The maximum absolute atomic E-state index is 12.4. The van der Waals surface area contributed by atoms with E-state index in [1.54, 1.807) is 0 Å². The highest BCUT2D eigenvalue weighted by atomic mass is 35.5. The molecule has 0 rings (SSSR count). The molecule has 80 valence electrons. The van der Waals surface area contributed by atoms with E-state index in [1.807, 2.05) is 0 Å². The van der Waals surface area contributed by atoms with Crippen molar-refractivity contribution in [2.24, 2.45) is 0 Å². The zero-order valence-corrected chi connectivity index (χ0v) is 10.2. The summed E-state index contributed by atoms with van der Waals surface area (Å²) in [5.41, 5.74) is -1.57. The molecule has 0 aromatic rings. The number of hydrogen-bond acceptors (Lipinski definition) is 0. The Kier molecular flexibility index (Phi) is 9.11. The van der Waals surface area contributed by atoms with Crippen LogP contribution in [0.5, 0.6) is 0 Å². The molecule has 0 N–H and O–H groups in total. The maximum atomic E-state index is 12.4. The van der Waals surface area contributed by atoms with Crippen molar-refractivity contribution in [1.29, 1.82) is 0 Å². The lowest BCUT2D eigenvalue weighted by Gasteiger charge is -2.15. The fourth-order valence-electron chi connectivity index (χ4n) is 0.928. The van der Waals surface area contributed by atoms with Crippen LogP contribution in [0, 0.1) is 0 Å². The average molecular weight is 270 g/mol. The molecule has 0 aliphatic rings. The van der Waals surface area contributed by atoms with Gasteiger partial charge in [0.15, 0.2) is 5.63 Å². The smallest absolute Gasteiger partial charge is 0.191 e. The summed E-state index contributed by atoms with van der Waals surface area (Å²) in [6.45, 7) is 0. The first-order valence-electron chi connectivity index (χ1n) is 4.22. The number of unbranched alkanes of at least 4 members (excludes halogenated alkanes) is 2. The van der Waals surface area contributed by atoms with E-state index in [-0.39, 0.29) is 0 Å². The first-order chi connectivity index (χ1) is 6.09. The quantitative estimate of drug-likeness (QED) is 0.470. The molecule has 0 amide bonds. The van der Waals surface area contributed by atoms with Gasteiger partial charge >= 0.3 is 0 Å². The minimum Gasteiger partial charge on any atom is -0.228 e. The molecular weight excluding hydrogens is 257 g/mol. The Morgan fingerprint density at radius 1 is 1.00 bits per heavy atom. The van der Waals surface area contributed by atoms with Gasteiger partial charge < -0.3 is 0 Å². The van der Waals surface area contributed by atoms with Gasteiger partial charge in [-0.1, -0.05) is 24.4 Å². The second-order valence-corrected chi connectivity index (χ2v) is 4.69. The molecule has 3 unspecified atom stereocenters. The van der Waals surface area contributed by atoms with Crippen LogP contribution in [0.1, 0.15) is 25.7 Å². The third-order valence-corrected chi connectivity index (χ3v) is 3.51. The zero-order chi connectivity index (χ0) is 10.3. The third-order valence-electron chi connectivity index (χ3n) is 1.70. The molecule has 0 fully saturated rings.